The quantitative estimate of drug-likeness (QED) is 0.874. The first-order valence-corrected chi connectivity index (χ1v) is 5.60. The summed E-state index contributed by atoms with van der Waals surface area (Å²) in [5.41, 5.74) is 13.8. The van der Waals surface area contributed by atoms with Gasteiger partial charge in [-0.15, -0.1) is 0 Å². The monoisotopic (exact) mass is 256 g/mol. The first kappa shape index (κ1) is 11.7. The SMILES string of the molecule is CC(C)c1ccc(C(N)CN)c(Br)c1. The minimum atomic E-state index is -0.0782. The molecule has 0 heterocycles. The highest BCUT2D eigenvalue weighted by Crippen LogP contribution is 2.26. The second-order valence-electron chi connectivity index (χ2n) is 3.78. The van der Waals surface area contributed by atoms with Gasteiger partial charge in [-0.2, -0.15) is 0 Å². The van der Waals surface area contributed by atoms with Crippen molar-refractivity contribution in [2.75, 3.05) is 6.54 Å². The van der Waals surface area contributed by atoms with Gasteiger partial charge in [0.25, 0.3) is 0 Å². The summed E-state index contributed by atoms with van der Waals surface area (Å²) in [6.45, 7) is 4.81. The highest BCUT2D eigenvalue weighted by atomic mass is 79.9. The number of nitrogens with two attached hydrogens (primary N) is 2. The number of hydrogen-bond acceptors (Lipinski definition) is 2. The fourth-order valence-electron chi connectivity index (χ4n) is 1.33. The lowest BCUT2D eigenvalue weighted by Gasteiger charge is -2.14. The summed E-state index contributed by atoms with van der Waals surface area (Å²) in [6.07, 6.45) is 0. The average Bonchev–Trinajstić information content (AvgIpc) is 2.16. The molecule has 0 spiro atoms. The van der Waals surface area contributed by atoms with Gasteiger partial charge in [-0.1, -0.05) is 41.9 Å². The second kappa shape index (κ2) is 4.91. The molecule has 0 aliphatic carbocycles. The summed E-state index contributed by atoms with van der Waals surface area (Å²) in [5.74, 6) is 0.537. The topological polar surface area (TPSA) is 52.0 Å². The Kier molecular flexibility index (Phi) is 4.11. The van der Waals surface area contributed by atoms with E-state index in [1.807, 2.05) is 0 Å². The number of benzene rings is 1. The Bertz CT molecular complexity index is 310. The minimum Gasteiger partial charge on any atom is -0.329 e. The lowest BCUT2D eigenvalue weighted by atomic mass is 9.99. The van der Waals surface area contributed by atoms with Gasteiger partial charge in [-0.05, 0) is 23.1 Å². The lowest BCUT2D eigenvalue weighted by Crippen LogP contribution is -2.21. The van der Waals surface area contributed by atoms with Crippen molar-refractivity contribution in [2.24, 2.45) is 11.5 Å². The average molecular weight is 257 g/mol. The van der Waals surface area contributed by atoms with Crippen molar-refractivity contribution >= 4 is 15.9 Å². The molecule has 1 aromatic carbocycles. The summed E-state index contributed by atoms with van der Waals surface area (Å²) < 4.78 is 1.06. The van der Waals surface area contributed by atoms with Crippen molar-refractivity contribution in [3.05, 3.63) is 33.8 Å². The molecule has 0 radical (unpaired) electrons. The Labute approximate surface area is 93.8 Å². The molecule has 14 heavy (non-hydrogen) atoms. The third-order valence-electron chi connectivity index (χ3n) is 2.34. The Hall–Kier alpha value is -0.380. The van der Waals surface area contributed by atoms with E-state index in [4.69, 9.17) is 11.5 Å². The predicted octanol–water partition coefficient (Wildman–Crippen LogP) is 2.53. The zero-order chi connectivity index (χ0) is 10.7. The van der Waals surface area contributed by atoms with E-state index >= 15 is 0 Å². The van der Waals surface area contributed by atoms with Gasteiger partial charge in [-0.3, -0.25) is 0 Å². The van der Waals surface area contributed by atoms with Crippen molar-refractivity contribution in [3.63, 3.8) is 0 Å². The molecule has 78 valence electrons. The third kappa shape index (κ3) is 2.56. The van der Waals surface area contributed by atoms with Crippen LogP contribution in [-0.2, 0) is 0 Å². The molecular weight excluding hydrogens is 240 g/mol. The predicted molar refractivity (Wildman–Crippen MR) is 64.2 cm³/mol. The molecule has 0 aliphatic heterocycles. The van der Waals surface area contributed by atoms with Crippen molar-refractivity contribution < 1.29 is 0 Å². The maximum atomic E-state index is 5.87. The first-order valence-electron chi connectivity index (χ1n) is 4.81. The maximum Gasteiger partial charge on any atom is 0.0430 e. The van der Waals surface area contributed by atoms with E-state index in [1.165, 1.54) is 5.56 Å². The fraction of sp³-hybridized carbons (Fsp3) is 0.455. The van der Waals surface area contributed by atoms with E-state index in [2.05, 4.69) is 48.0 Å². The minimum absolute atomic E-state index is 0.0782. The van der Waals surface area contributed by atoms with Crippen LogP contribution in [0.1, 0.15) is 36.9 Å². The third-order valence-corrected chi connectivity index (χ3v) is 3.03. The molecule has 0 amide bonds. The van der Waals surface area contributed by atoms with Crippen LogP contribution < -0.4 is 11.5 Å². The zero-order valence-electron chi connectivity index (χ0n) is 8.63. The van der Waals surface area contributed by atoms with Gasteiger partial charge in [0.05, 0.1) is 0 Å². The van der Waals surface area contributed by atoms with E-state index in [0.29, 0.717) is 12.5 Å². The zero-order valence-corrected chi connectivity index (χ0v) is 10.2. The molecule has 3 heteroatoms. The fourth-order valence-corrected chi connectivity index (χ4v) is 2.02. The van der Waals surface area contributed by atoms with Crippen molar-refractivity contribution in [3.8, 4) is 0 Å². The Morgan fingerprint density at radius 2 is 2.00 bits per heavy atom. The summed E-state index contributed by atoms with van der Waals surface area (Å²) in [4.78, 5) is 0. The molecule has 0 fully saturated rings. The van der Waals surface area contributed by atoms with E-state index in [9.17, 15) is 0 Å². The maximum absolute atomic E-state index is 5.87. The molecule has 0 aromatic heterocycles. The van der Waals surface area contributed by atoms with E-state index in [-0.39, 0.29) is 6.04 Å². The van der Waals surface area contributed by atoms with Crippen LogP contribution >= 0.6 is 15.9 Å². The van der Waals surface area contributed by atoms with Crippen LogP contribution in [0.2, 0.25) is 0 Å². The van der Waals surface area contributed by atoms with Gasteiger partial charge in [0.1, 0.15) is 0 Å². The molecule has 0 saturated heterocycles. The smallest absolute Gasteiger partial charge is 0.0430 e. The molecular formula is C11H17BrN2. The van der Waals surface area contributed by atoms with Crippen LogP contribution in [0.25, 0.3) is 0 Å². The van der Waals surface area contributed by atoms with E-state index in [1.54, 1.807) is 0 Å². The summed E-state index contributed by atoms with van der Waals surface area (Å²) in [7, 11) is 0. The molecule has 1 rings (SSSR count). The first-order chi connectivity index (χ1) is 6.56. The van der Waals surface area contributed by atoms with Crippen LogP contribution in [0, 0.1) is 0 Å². The van der Waals surface area contributed by atoms with E-state index < -0.39 is 0 Å². The van der Waals surface area contributed by atoms with Gasteiger partial charge in [0, 0.05) is 17.1 Å². The highest BCUT2D eigenvalue weighted by Gasteiger charge is 2.09. The van der Waals surface area contributed by atoms with Crippen molar-refractivity contribution in [1.82, 2.24) is 0 Å². The van der Waals surface area contributed by atoms with Gasteiger partial charge in [0.2, 0.25) is 0 Å². The standard InChI is InChI=1S/C11H17BrN2/c1-7(2)8-3-4-9(10(12)5-8)11(14)6-13/h3-5,7,11H,6,13-14H2,1-2H3. The molecule has 0 saturated carbocycles. The summed E-state index contributed by atoms with van der Waals surface area (Å²) >= 11 is 3.52. The van der Waals surface area contributed by atoms with Crippen LogP contribution in [0.4, 0.5) is 0 Å². The molecule has 4 N–H and O–H groups in total. The van der Waals surface area contributed by atoms with E-state index in [0.717, 1.165) is 10.0 Å². The molecule has 1 unspecified atom stereocenters. The van der Waals surface area contributed by atoms with Gasteiger partial charge in [-0.25, -0.2) is 0 Å². The van der Waals surface area contributed by atoms with Crippen LogP contribution in [-0.4, -0.2) is 6.54 Å². The number of rotatable bonds is 3. The van der Waals surface area contributed by atoms with Crippen molar-refractivity contribution in [1.29, 1.82) is 0 Å². The van der Waals surface area contributed by atoms with Gasteiger partial charge < -0.3 is 11.5 Å². The van der Waals surface area contributed by atoms with Gasteiger partial charge >= 0.3 is 0 Å². The Morgan fingerprint density at radius 3 is 2.43 bits per heavy atom. The normalized spacial score (nSPS) is 13.3. The van der Waals surface area contributed by atoms with Crippen LogP contribution in [0.15, 0.2) is 22.7 Å². The molecule has 1 atom stereocenters. The molecule has 1 aromatic rings. The van der Waals surface area contributed by atoms with Gasteiger partial charge in [0.15, 0.2) is 0 Å². The Morgan fingerprint density at radius 1 is 1.36 bits per heavy atom. The van der Waals surface area contributed by atoms with Crippen LogP contribution in [0.3, 0.4) is 0 Å². The number of hydrogen-bond donors (Lipinski definition) is 2. The second-order valence-corrected chi connectivity index (χ2v) is 4.63. The summed E-state index contributed by atoms with van der Waals surface area (Å²) in [5, 5.41) is 0. The molecule has 2 nitrogen and oxygen atoms in total. The number of halogens is 1. The molecule has 0 bridgehead atoms. The summed E-state index contributed by atoms with van der Waals surface area (Å²) in [6, 6.07) is 6.21. The largest absolute Gasteiger partial charge is 0.329 e. The molecule has 0 aliphatic rings. The van der Waals surface area contributed by atoms with Crippen LogP contribution in [0.5, 0.6) is 0 Å². The Balaban J connectivity index is 3.01. The highest BCUT2D eigenvalue weighted by molar-refractivity contribution is 9.10. The lowest BCUT2D eigenvalue weighted by molar-refractivity contribution is 0.731. The van der Waals surface area contributed by atoms with Crippen molar-refractivity contribution in [2.45, 2.75) is 25.8 Å².